The van der Waals surface area contributed by atoms with Crippen molar-refractivity contribution < 1.29 is 0 Å². The normalized spacial score (nSPS) is 19.2. The first kappa shape index (κ1) is 9.84. The zero-order chi connectivity index (χ0) is 11.0. The Balaban J connectivity index is 1.74. The quantitative estimate of drug-likeness (QED) is 0.697. The zero-order valence-electron chi connectivity index (χ0n) is 9.18. The Morgan fingerprint density at radius 3 is 3.00 bits per heavy atom. The predicted octanol–water partition coefficient (Wildman–Crippen LogP) is 0.585. The van der Waals surface area contributed by atoms with Gasteiger partial charge in [0.2, 0.25) is 5.95 Å². The topological polar surface area (TPSA) is 69.8 Å². The maximum atomic E-state index is 11.7. The molecule has 3 N–H and O–H groups in total. The number of nitrogens with one attached hydrogen (secondary N) is 3. The number of fused-ring (bicyclic) bond motifs is 1. The number of aromatic amines is 1. The fourth-order valence-corrected chi connectivity index (χ4v) is 2.20. The average Bonchev–Trinajstić information content (AvgIpc) is 2.63. The van der Waals surface area contributed by atoms with Gasteiger partial charge in [0.15, 0.2) is 0 Å². The standard InChI is InChI=1S/C11H16N4O/c16-10-8-5-12-6-9(8)14-11(15-10)13-4-7-2-1-3-7/h7,12H,1-6H2,(H2,13,14,15,16). The summed E-state index contributed by atoms with van der Waals surface area (Å²) < 4.78 is 0. The van der Waals surface area contributed by atoms with E-state index in [1.807, 2.05) is 0 Å². The third kappa shape index (κ3) is 1.71. The van der Waals surface area contributed by atoms with Crippen LogP contribution in [0.5, 0.6) is 0 Å². The van der Waals surface area contributed by atoms with Crippen LogP contribution in [-0.2, 0) is 13.1 Å². The van der Waals surface area contributed by atoms with E-state index in [-0.39, 0.29) is 5.56 Å². The molecule has 5 heteroatoms. The minimum atomic E-state index is -0.00823. The number of hydrogen-bond acceptors (Lipinski definition) is 4. The van der Waals surface area contributed by atoms with Gasteiger partial charge in [0.05, 0.1) is 11.3 Å². The van der Waals surface area contributed by atoms with E-state index in [0.717, 1.165) is 23.7 Å². The SMILES string of the molecule is O=c1[nH]c(NCC2CCC2)nc2c1CNC2. The Morgan fingerprint density at radius 2 is 2.25 bits per heavy atom. The van der Waals surface area contributed by atoms with E-state index in [4.69, 9.17) is 0 Å². The Hall–Kier alpha value is -1.36. The largest absolute Gasteiger partial charge is 0.355 e. The van der Waals surface area contributed by atoms with Crippen LogP contribution >= 0.6 is 0 Å². The molecule has 0 spiro atoms. The number of hydrogen-bond donors (Lipinski definition) is 3. The zero-order valence-corrected chi connectivity index (χ0v) is 9.18. The molecule has 1 saturated carbocycles. The summed E-state index contributed by atoms with van der Waals surface area (Å²) in [5, 5.41) is 6.36. The smallest absolute Gasteiger partial charge is 0.257 e. The molecule has 2 aliphatic rings. The predicted molar refractivity (Wildman–Crippen MR) is 61.2 cm³/mol. The second kappa shape index (κ2) is 3.90. The van der Waals surface area contributed by atoms with E-state index in [1.165, 1.54) is 19.3 Å². The van der Waals surface area contributed by atoms with Crippen LogP contribution in [-0.4, -0.2) is 16.5 Å². The molecule has 2 heterocycles. The summed E-state index contributed by atoms with van der Waals surface area (Å²) >= 11 is 0. The highest BCUT2D eigenvalue weighted by atomic mass is 16.1. The molecule has 86 valence electrons. The van der Waals surface area contributed by atoms with Gasteiger partial charge < -0.3 is 10.6 Å². The molecule has 0 unspecified atom stereocenters. The van der Waals surface area contributed by atoms with E-state index in [0.29, 0.717) is 19.0 Å². The first-order chi connectivity index (χ1) is 7.83. The Kier molecular flexibility index (Phi) is 2.40. The molecule has 5 nitrogen and oxygen atoms in total. The summed E-state index contributed by atoms with van der Waals surface area (Å²) in [6, 6.07) is 0. The summed E-state index contributed by atoms with van der Waals surface area (Å²) in [6.45, 7) is 2.27. The van der Waals surface area contributed by atoms with Crippen molar-refractivity contribution in [2.75, 3.05) is 11.9 Å². The highest BCUT2D eigenvalue weighted by molar-refractivity contribution is 5.31. The molecule has 0 bridgehead atoms. The van der Waals surface area contributed by atoms with Gasteiger partial charge in [-0.3, -0.25) is 9.78 Å². The van der Waals surface area contributed by atoms with E-state index >= 15 is 0 Å². The van der Waals surface area contributed by atoms with E-state index in [1.54, 1.807) is 0 Å². The van der Waals surface area contributed by atoms with Gasteiger partial charge in [0.1, 0.15) is 0 Å². The summed E-state index contributed by atoms with van der Waals surface area (Å²) in [6.07, 6.45) is 3.93. The van der Waals surface area contributed by atoms with Crippen LogP contribution in [0.4, 0.5) is 5.95 Å². The summed E-state index contributed by atoms with van der Waals surface area (Å²) in [5.41, 5.74) is 1.67. The fraction of sp³-hybridized carbons (Fsp3) is 0.636. The lowest BCUT2D eigenvalue weighted by molar-refractivity contribution is 0.333. The van der Waals surface area contributed by atoms with Crippen molar-refractivity contribution in [3.05, 3.63) is 21.6 Å². The van der Waals surface area contributed by atoms with Crippen LogP contribution in [0, 0.1) is 5.92 Å². The van der Waals surface area contributed by atoms with Crippen LogP contribution in [0.15, 0.2) is 4.79 Å². The molecule has 16 heavy (non-hydrogen) atoms. The molecular weight excluding hydrogens is 204 g/mol. The highest BCUT2D eigenvalue weighted by Gasteiger charge is 2.19. The lowest BCUT2D eigenvalue weighted by Gasteiger charge is -2.25. The Bertz CT molecular complexity index is 450. The van der Waals surface area contributed by atoms with Gasteiger partial charge in [-0.2, -0.15) is 0 Å². The first-order valence-corrected chi connectivity index (χ1v) is 5.89. The van der Waals surface area contributed by atoms with Gasteiger partial charge in [0, 0.05) is 19.6 Å². The third-order valence-electron chi connectivity index (χ3n) is 3.48. The molecular formula is C11H16N4O. The van der Waals surface area contributed by atoms with Crippen molar-refractivity contribution in [2.45, 2.75) is 32.4 Å². The van der Waals surface area contributed by atoms with Crippen molar-refractivity contribution in [1.29, 1.82) is 0 Å². The van der Waals surface area contributed by atoms with Crippen molar-refractivity contribution >= 4 is 5.95 Å². The van der Waals surface area contributed by atoms with Gasteiger partial charge in [0.25, 0.3) is 5.56 Å². The van der Waals surface area contributed by atoms with Gasteiger partial charge >= 0.3 is 0 Å². The van der Waals surface area contributed by atoms with Gasteiger partial charge in [-0.25, -0.2) is 4.98 Å². The minimum absolute atomic E-state index is 0.00823. The number of aromatic nitrogens is 2. The second-order valence-electron chi connectivity index (χ2n) is 4.62. The molecule has 1 aliphatic carbocycles. The van der Waals surface area contributed by atoms with Gasteiger partial charge in [-0.1, -0.05) is 6.42 Å². The molecule has 1 fully saturated rings. The molecule has 1 aromatic rings. The number of anilines is 1. The van der Waals surface area contributed by atoms with Crippen molar-refractivity contribution in [1.82, 2.24) is 15.3 Å². The van der Waals surface area contributed by atoms with E-state index in [9.17, 15) is 4.79 Å². The Labute approximate surface area is 93.7 Å². The van der Waals surface area contributed by atoms with Crippen LogP contribution in [0.2, 0.25) is 0 Å². The number of H-pyrrole nitrogens is 1. The second-order valence-corrected chi connectivity index (χ2v) is 4.62. The minimum Gasteiger partial charge on any atom is -0.355 e. The van der Waals surface area contributed by atoms with Crippen molar-refractivity contribution in [2.24, 2.45) is 5.92 Å². The van der Waals surface area contributed by atoms with Gasteiger partial charge in [-0.05, 0) is 18.8 Å². The number of nitrogens with zero attached hydrogens (tertiary/aromatic N) is 1. The van der Waals surface area contributed by atoms with Crippen LogP contribution in [0.3, 0.4) is 0 Å². The third-order valence-corrected chi connectivity index (χ3v) is 3.48. The molecule has 0 saturated heterocycles. The maximum absolute atomic E-state index is 11.7. The van der Waals surface area contributed by atoms with E-state index in [2.05, 4.69) is 20.6 Å². The molecule has 3 rings (SSSR count). The van der Waals surface area contributed by atoms with Crippen molar-refractivity contribution in [3.8, 4) is 0 Å². The number of rotatable bonds is 3. The van der Waals surface area contributed by atoms with Crippen LogP contribution in [0.25, 0.3) is 0 Å². The molecule has 0 radical (unpaired) electrons. The fourth-order valence-electron chi connectivity index (χ4n) is 2.20. The van der Waals surface area contributed by atoms with Crippen LogP contribution in [0.1, 0.15) is 30.5 Å². The Morgan fingerprint density at radius 1 is 1.38 bits per heavy atom. The van der Waals surface area contributed by atoms with Crippen molar-refractivity contribution in [3.63, 3.8) is 0 Å². The monoisotopic (exact) mass is 220 g/mol. The molecule has 0 amide bonds. The van der Waals surface area contributed by atoms with Gasteiger partial charge in [-0.15, -0.1) is 0 Å². The average molecular weight is 220 g/mol. The highest BCUT2D eigenvalue weighted by Crippen LogP contribution is 2.26. The lowest BCUT2D eigenvalue weighted by atomic mass is 9.85. The van der Waals surface area contributed by atoms with Crippen LogP contribution < -0.4 is 16.2 Å². The first-order valence-electron chi connectivity index (χ1n) is 5.89. The molecule has 1 aliphatic heterocycles. The lowest BCUT2D eigenvalue weighted by Crippen LogP contribution is -2.24. The summed E-state index contributed by atoms with van der Waals surface area (Å²) in [5.74, 6) is 1.39. The van der Waals surface area contributed by atoms with E-state index < -0.39 is 0 Å². The molecule has 0 aromatic carbocycles. The molecule has 0 atom stereocenters. The summed E-state index contributed by atoms with van der Waals surface area (Å²) in [7, 11) is 0. The summed E-state index contributed by atoms with van der Waals surface area (Å²) in [4.78, 5) is 18.9. The molecule has 1 aromatic heterocycles. The maximum Gasteiger partial charge on any atom is 0.257 e.